The zero-order valence-electron chi connectivity index (χ0n) is 22.1. The van der Waals surface area contributed by atoms with E-state index in [0.29, 0.717) is 18.9 Å². The molecule has 6 aromatic rings. The van der Waals surface area contributed by atoms with Gasteiger partial charge >= 0.3 is 5.97 Å². The Hall–Kier alpha value is -5.84. The summed E-state index contributed by atoms with van der Waals surface area (Å²) >= 11 is 0. The van der Waals surface area contributed by atoms with Gasteiger partial charge in [-0.3, -0.25) is 9.36 Å². The third kappa shape index (κ3) is 5.30. The minimum Gasteiger partial charge on any atom is -0.477 e. The molecule has 0 unspecified atom stereocenters. The number of aromatic carboxylic acids is 1. The number of carboxylic acid groups (broad SMARTS) is 1. The van der Waals surface area contributed by atoms with Crippen molar-refractivity contribution in [2.24, 2.45) is 0 Å². The van der Waals surface area contributed by atoms with E-state index in [2.05, 4.69) is 25.3 Å². The first-order chi connectivity index (χ1) is 20.5. The zero-order valence-corrected chi connectivity index (χ0v) is 22.1. The molecule has 0 radical (unpaired) electrons. The highest BCUT2D eigenvalue weighted by Gasteiger charge is 2.21. The minimum atomic E-state index is -1.19. The Morgan fingerprint density at radius 1 is 0.929 bits per heavy atom. The number of anilines is 3. The largest absolute Gasteiger partial charge is 0.477 e. The highest BCUT2D eigenvalue weighted by atomic mass is 19.1. The third-order valence-corrected chi connectivity index (χ3v) is 6.62. The first-order valence-electron chi connectivity index (χ1n) is 13.0. The molecule has 42 heavy (non-hydrogen) atoms. The lowest BCUT2D eigenvalue weighted by Crippen LogP contribution is -2.25. The van der Waals surface area contributed by atoms with Crippen LogP contribution in [0.15, 0.2) is 114 Å². The Balaban J connectivity index is 1.48. The summed E-state index contributed by atoms with van der Waals surface area (Å²) in [5.74, 6) is -1.22. The average molecular weight is 562 g/mol. The summed E-state index contributed by atoms with van der Waals surface area (Å²) in [7, 11) is 0. The van der Waals surface area contributed by atoms with Crippen molar-refractivity contribution in [2.45, 2.75) is 13.1 Å². The van der Waals surface area contributed by atoms with Gasteiger partial charge in [-0.25, -0.2) is 19.2 Å². The number of fused-ring (bicyclic) bond motifs is 1. The quantitative estimate of drug-likeness (QED) is 0.252. The van der Waals surface area contributed by atoms with Crippen LogP contribution in [0.25, 0.3) is 11.5 Å². The lowest BCUT2D eigenvalue weighted by Gasteiger charge is -2.26. The predicted molar refractivity (Wildman–Crippen MR) is 156 cm³/mol. The number of nitrogens with one attached hydrogen (secondary N) is 1. The second-order valence-corrected chi connectivity index (χ2v) is 9.46. The van der Waals surface area contributed by atoms with E-state index in [0.717, 1.165) is 15.7 Å². The molecule has 0 atom stereocenters. The normalized spacial score (nSPS) is 11.0. The number of halogens is 1. The molecule has 4 aromatic heterocycles. The predicted octanol–water partition coefficient (Wildman–Crippen LogP) is 5.06. The van der Waals surface area contributed by atoms with E-state index < -0.39 is 17.3 Å². The maximum absolute atomic E-state index is 14.4. The molecule has 0 amide bonds. The fourth-order valence-corrected chi connectivity index (χ4v) is 4.66. The van der Waals surface area contributed by atoms with E-state index in [1.165, 1.54) is 41.3 Å². The van der Waals surface area contributed by atoms with Gasteiger partial charge in [-0.2, -0.15) is 9.61 Å². The van der Waals surface area contributed by atoms with Crippen LogP contribution in [-0.4, -0.2) is 35.2 Å². The van der Waals surface area contributed by atoms with E-state index in [9.17, 15) is 19.1 Å². The van der Waals surface area contributed by atoms with E-state index in [4.69, 9.17) is 0 Å². The van der Waals surface area contributed by atoms with Gasteiger partial charge in [-0.15, -0.1) is 0 Å². The molecule has 0 aliphatic rings. The number of rotatable bonds is 9. The lowest BCUT2D eigenvalue weighted by atomic mass is 10.1. The van der Waals surface area contributed by atoms with E-state index in [1.807, 2.05) is 60.7 Å². The number of benzene rings is 2. The van der Waals surface area contributed by atoms with E-state index >= 15 is 0 Å². The van der Waals surface area contributed by atoms with E-state index in [1.54, 1.807) is 12.1 Å². The van der Waals surface area contributed by atoms with Crippen molar-refractivity contribution < 1.29 is 14.3 Å². The molecule has 0 bridgehead atoms. The Kier molecular flexibility index (Phi) is 7.12. The van der Waals surface area contributed by atoms with Gasteiger partial charge in [0.05, 0.1) is 6.20 Å². The molecule has 0 saturated carbocycles. The van der Waals surface area contributed by atoms with Gasteiger partial charge in [0, 0.05) is 31.5 Å². The van der Waals surface area contributed by atoms with Gasteiger partial charge in [0.25, 0.3) is 5.56 Å². The summed E-state index contributed by atoms with van der Waals surface area (Å²) in [5.41, 5.74) is 1.60. The van der Waals surface area contributed by atoms with Gasteiger partial charge in [-0.05, 0) is 35.4 Å². The zero-order chi connectivity index (χ0) is 29.1. The topological polar surface area (TPSA) is 118 Å². The standard InChI is InChI=1S/C31H24FN7O3/c32-24-13-7-15-33-29(24)38-16-8-14-25(30(38)40)35-26-17-27(39-28(36-26)23(18-34-39)31(41)42)37(19-21-9-3-1-4-10-21)20-22-11-5-2-6-12-22/h1-18H,19-20H2,(H,35,36)(H,41,42). The number of pyridine rings is 2. The fraction of sp³-hybridized carbons (Fsp3) is 0.0645. The number of hydrogen-bond donors (Lipinski definition) is 2. The molecule has 2 N–H and O–H groups in total. The molecule has 0 aliphatic carbocycles. The SMILES string of the molecule is O=C(O)c1cnn2c(N(Cc3ccccc3)Cc3ccccc3)cc(Nc3cccn(-c4ncccc4F)c3=O)nc12. The molecule has 11 heteroatoms. The van der Waals surface area contributed by atoms with Crippen molar-refractivity contribution in [1.82, 2.24) is 24.1 Å². The second kappa shape index (κ2) is 11.3. The van der Waals surface area contributed by atoms with E-state index in [-0.39, 0.29) is 28.5 Å². The highest BCUT2D eigenvalue weighted by Crippen LogP contribution is 2.27. The van der Waals surface area contributed by atoms with Crippen LogP contribution in [0.1, 0.15) is 21.5 Å². The molecule has 10 nitrogen and oxygen atoms in total. The van der Waals surface area contributed by atoms with Gasteiger partial charge in [0.2, 0.25) is 0 Å². The lowest BCUT2D eigenvalue weighted by molar-refractivity contribution is 0.0698. The van der Waals surface area contributed by atoms with Crippen LogP contribution in [0.3, 0.4) is 0 Å². The van der Waals surface area contributed by atoms with Crippen LogP contribution < -0.4 is 15.8 Å². The molecule has 4 heterocycles. The van der Waals surface area contributed by atoms with Gasteiger partial charge in [0.15, 0.2) is 17.3 Å². The molecular weight excluding hydrogens is 537 g/mol. The van der Waals surface area contributed by atoms with Crippen molar-refractivity contribution in [3.63, 3.8) is 0 Å². The van der Waals surface area contributed by atoms with Crippen molar-refractivity contribution in [3.8, 4) is 5.82 Å². The number of nitrogens with zero attached hydrogens (tertiary/aromatic N) is 6. The van der Waals surface area contributed by atoms with Gasteiger partial charge in [-0.1, -0.05) is 60.7 Å². The first-order valence-corrected chi connectivity index (χ1v) is 13.0. The molecule has 6 rings (SSSR count). The molecular formula is C31H24FN7O3. The smallest absolute Gasteiger partial charge is 0.341 e. The summed E-state index contributed by atoms with van der Waals surface area (Å²) in [4.78, 5) is 36.0. The van der Waals surface area contributed by atoms with Crippen LogP contribution in [-0.2, 0) is 13.1 Å². The minimum absolute atomic E-state index is 0.0967. The van der Waals surface area contributed by atoms with Crippen LogP contribution in [0.4, 0.5) is 21.7 Å². The van der Waals surface area contributed by atoms with Crippen molar-refractivity contribution in [3.05, 3.63) is 142 Å². The van der Waals surface area contributed by atoms with Crippen LogP contribution >= 0.6 is 0 Å². The Labute approximate surface area is 239 Å². The Morgan fingerprint density at radius 3 is 2.26 bits per heavy atom. The summed E-state index contributed by atoms with van der Waals surface area (Å²) in [6.45, 7) is 0.960. The number of hydrogen-bond acceptors (Lipinski definition) is 7. The number of carbonyl (C=O) groups is 1. The third-order valence-electron chi connectivity index (χ3n) is 6.62. The Morgan fingerprint density at radius 2 is 1.62 bits per heavy atom. The fourth-order valence-electron chi connectivity index (χ4n) is 4.66. The van der Waals surface area contributed by atoms with Crippen molar-refractivity contribution >= 4 is 28.9 Å². The summed E-state index contributed by atoms with van der Waals surface area (Å²) in [5, 5.41) is 17.2. The number of aromatic nitrogens is 5. The van der Waals surface area contributed by atoms with Crippen molar-refractivity contribution in [1.29, 1.82) is 0 Å². The second-order valence-electron chi connectivity index (χ2n) is 9.46. The maximum atomic E-state index is 14.4. The van der Waals surface area contributed by atoms with Crippen LogP contribution in [0.5, 0.6) is 0 Å². The number of carboxylic acids is 1. The highest BCUT2D eigenvalue weighted by molar-refractivity contribution is 5.94. The Bertz CT molecular complexity index is 1900. The van der Waals surface area contributed by atoms with Crippen LogP contribution in [0, 0.1) is 5.82 Å². The molecule has 0 fully saturated rings. The van der Waals surface area contributed by atoms with Crippen LogP contribution in [0.2, 0.25) is 0 Å². The molecule has 0 saturated heterocycles. The first kappa shape index (κ1) is 26.4. The molecule has 208 valence electrons. The maximum Gasteiger partial charge on any atom is 0.341 e. The van der Waals surface area contributed by atoms with Crippen molar-refractivity contribution in [2.75, 3.05) is 10.2 Å². The molecule has 2 aromatic carbocycles. The summed E-state index contributed by atoms with van der Waals surface area (Å²) in [6.07, 6.45) is 4.07. The summed E-state index contributed by atoms with van der Waals surface area (Å²) in [6, 6.07) is 27.2. The van der Waals surface area contributed by atoms with Gasteiger partial charge in [0.1, 0.15) is 22.9 Å². The monoisotopic (exact) mass is 561 g/mol. The summed E-state index contributed by atoms with van der Waals surface area (Å²) < 4.78 is 17.0. The molecule has 0 spiro atoms. The average Bonchev–Trinajstić information content (AvgIpc) is 3.44. The van der Waals surface area contributed by atoms with Gasteiger partial charge < -0.3 is 15.3 Å². The molecule has 0 aliphatic heterocycles.